The summed E-state index contributed by atoms with van der Waals surface area (Å²) in [6, 6.07) is 84.3. The molecule has 75 heavy (non-hydrogen) atoms. The van der Waals surface area contributed by atoms with Gasteiger partial charge in [0, 0.05) is 60.2 Å². The quantitative estimate of drug-likeness (QED) is 0.155. The van der Waals surface area contributed by atoms with E-state index in [0.29, 0.717) is 0 Å². The van der Waals surface area contributed by atoms with E-state index in [2.05, 4.69) is 238 Å². The van der Waals surface area contributed by atoms with Gasteiger partial charge in [-0.3, -0.25) is 0 Å². The predicted molar refractivity (Wildman–Crippen MR) is 311 cm³/mol. The normalized spacial score (nSPS) is 12.8. The summed E-state index contributed by atoms with van der Waals surface area (Å²) in [5.41, 5.74) is 21.3. The third-order valence-corrected chi connectivity index (χ3v) is 15.6. The molecule has 5 heterocycles. The van der Waals surface area contributed by atoms with E-state index >= 15 is 0 Å². The molecule has 0 spiro atoms. The van der Waals surface area contributed by atoms with Crippen LogP contribution in [-0.2, 0) is 5.41 Å². The molecule has 15 rings (SSSR count). The highest BCUT2D eigenvalue weighted by Crippen LogP contribution is 2.54. The molecule has 5 nitrogen and oxygen atoms in total. The van der Waals surface area contributed by atoms with Crippen molar-refractivity contribution in [1.82, 2.24) is 24.9 Å². The largest absolute Gasteiger partial charge is 0.247 e. The average molecular weight is 956 g/mol. The first-order chi connectivity index (χ1) is 36.9. The summed E-state index contributed by atoms with van der Waals surface area (Å²) < 4.78 is 0. The van der Waals surface area contributed by atoms with Crippen LogP contribution < -0.4 is 0 Å². The van der Waals surface area contributed by atoms with Crippen molar-refractivity contribution in [3.05, 3.63) is 248 Å². The van der Waals surface area contributed by atoms with Crippen LogP contribution in [0, 0.1) is 0 Å². The van der Waals surface area contributed by atoms with Crippen LogP contribution in [0.4, 0.5) is 0 Å². The molecule has 0 amide bonds. The molecule has 5 aromatic heterocycles. The van der Waals surface area contributed by atoms with Gasteiger partial charge < -0.3 is 0 Å². The van der Waals surface area contributed by atoms with Gasteiger partial charge in [-0.2, -0.15) is 0 Å². The SMILES string of the molecule is CC1(C)c2ccccc2-c2nc3ccc4ccccc4c3c(-c3ccc(-c4cc(-c5ccc6ccc7ccc(-c8ccccc8)nc7c6n5)cc(-c5ccc6ccc7ccc(-c8ccccc8)nc7c6n5)c4)cc3)c21. The van der Waals surface area contributed by atoms with Crippen molar-refractivity contribution in [2.24, 2.45) is 0 Å². The molecule has 0 bridgehead atoms. The first-order valence-corrected chi connectivity index (χ1v) is 25.6. The molecule has 0 fully saturated rings. The summed E-state index contributed by atoms with van der Waals surface area (Å²) >= 11 is 0. The van der Waals surface area contributed by atoms with Crippen LogP contribution in [0.3, 0.4) is 0 Å². The van der Waals surface area contributed by atoms with Crippen LogP contribution in [0.2, 0.25) is 0 Å². The lowest BCUT2D eigenvalue weighted by Gasteiger charge is -2.25. The molecule has 0 unspecified atom stereocenters. The van der Waals surface area contributed by atoms with Crippen molar-refractivity contribution in [2.75, 3.05) is 0 Å². The second kappa shape index (κ2) is 16.7. The Balaban J connectivity index is 0.926. The Morgan fingerprint density at radius 2 is 0.733 bits per heavy atom. The topological polar surface area (TPSA) is 64.5 Å². The van der Waals surface area contributed by atoms with Gasteiger partial charge in [-0.05, 0) is 92.7 Å². The Bertz CT molecular complexity index is 4480. The van der Waals surface area contributed by atoms with E-state index in [9.17, 15) is 0 Å². The zero-order valence-electron chi connectivity index (χ0n) is 41.3. The van der Waals surface area contributed by atoms with Crippen molar-refractivity contribution in [3.63, 3.8) is 0 Å². The van der Waals surface area contributed by atoms with Crippen molar-refractivity contribution in [1.29, 1.82) is 0 Å². The zero-order chi connectivity index (χ0) is 49.8. The van der Waals surface area contributed by atoms with Crippen LogP contribution in [0.15, 0.2) is 237 Å². The third kappa shape index (κ3) is 6.96. The van der Waals surface area contributed by atoms with Gasteiger partial charge in [0.25, 0.3) is 0 Å². The molecule has 0 saturated carbocycles. The number of aromatic nitrogens is 5. The van der Waals surface area contributed by atoms with Gasteiger partial charge in [0.1, 0.15) is 0 Å². The predicted octanol–water partition coefficient (Wildman–Crippen LogP) is 17.9. The molecule has 0 N–H and O–H groups in total. The van der Waals surface area contributed by atoms with E-state index < -0.39 is 0 Å². The van der Waals surface area contributed by atoms with Gasteiger partial charge in [-0.25, -0.2) is 24.9 Å². The van der Waals surface area contributed by atoms with Gasteiger partial charge in [0.15, 0.2) is 0 Å². The zero-order valence-corrected chi connectivity index (χ0v) is 41.3. The Labute approximate surface area is 433 Å². The maximum absolute atomic E-state index is 5.48. The van der Waals surface area contributed by atoms with Crippen LogP contribution in [-0.4, -0.2) is 24.9 Å². The standard InChI is InChI=1S/C70H45N5/c1-70(2)56-20-12-11-19-55(56)69-64(70)62(63-54-18-10-9-13-43(54)29-38-61(63)75-69)46-23-21-42(22-24-46)51-39-52(59-36-32-49-27-25-47-30-34-57(44-14-5-3-6-15-44)71-65(47)67(49)73-59)41-53(40-51)60-37-33-50-28-26-48-31-35-58(45-16-7-4-8-17-45)72-66(48)68(50)74-60/h3-41H,1-2H3. The molecule has 1 aliphatic rings. The Morgan fingerprint density at radius 3 is 1.28 bits per heavy atom. The second-order valence-corrected chi connectivity index (χ2v) is 20.4. The monoisotopic (exact) mass is 955 g/mol. The molecule has 14 aromatic rings. The van der Waals surface area contributed by atoms with Gasteiger partial charge in [-0.15, -0.1) is 0 Å². The lowest BCUT2D eigenvalue weighted by atomic mass is 9.78. The number of fused-ring (bicyclic) bond motifs is 12. The lowest BCUT2D eigenvalue weighted by molar-refractivity contribution is 0.662. The summed E-state index contributed by atoms with van der Waals surface area (Å²) in [5, 5.41) is 7.76. The smallest absolute Gasteiger partial charge is 0.0972 e. The second-order valence-electron chi connectivity index (χ2n) is 20.4. The molecule has 0 saturated heterocycles. The molecule has 0 atom stereocenters. The van der Waals surface area contributed by atoms with Crippen LogP contribution in [0.25, 0.3) is 144 Å². The summed E-state index contributed by atoms with van der Waals surface area (Å²) in [7, 11) is 0. The first kappa shape index (κ1) is 42.9. The van der Waals surface area contributed by atoms with Gasteiger partial charge >= 0.3 is 0 Å². The Morgan fingerprint density at radius 1 is 0.307 bits per heavy atom. The van der Waals surface area contributed by atoms with Crippen molar-refractivity contribution in [2.45, 2.75) is 19.3 Å². The maximum atomic E-state index is 5.48. The molecule has 5 heteroatoms. The minimum Gasteiger partial charge on any atom is -0.247 e. The lowest BCUT2D eigenvalue weighted by Crippen LogP contribution is -2.16. The average Bonchev–Trinajstić information content (AvgIpc) is 3.72. The Kier molecular flexibility index (Phi) is 9.54. The van der Waals surface area contributed by atoms with Crippen LogP contribution >= 0.6 is 0 Å². The van der Waals surface area contributed by atoms with E-state index in [0.717, 1.165) is 117 Å². The maximum Gasteiger partial charge on any atom is 0.0972 e. The molecule has 0 radical (unpaired) electrons. The first-order valence-electron chi connectivity index (χ1n) is 25.6. The van der Waals surface area contributed by atoms with E-state index in [1.165, 1.54) is 38.4 Å². The summed E-state index contributed by atoms with van der Waals surface area (Å²) in [5.74, 6) is 0. The highest BCUT2D eigenvalue weighted by molar-refractivity contribution is 6.16. The fourth-order valence-electron chi connectivity index (χ4n) is 11.8. The number of hydrogen-bond acceptors (Lipinski definition) is 5. The molecule has 350 valence electrons. The van der Waals surface area contributed by atoms with Crippen molar-refractivity contribution < 1.29 is 0 Å². The highest BCUT2D eigenvalue weighted by Gasteiger charge is 2.40. The van der Waals surface area contributed by atoms with Gasteiger partial charge in [-0.1, -0.05) is 202 Å². The summed E-state index contributed by atoms with van der Waals surface area (Å²) in [6.45, 7) is 4.70. The van der Waals surface area contributed by atoms with Gasteiger partial charge in [0.05, 0.1) is 56.1 Å². The molecule has 0 aliphatic heterocycles. The van der Waals surface area contributed by atoms with E-state index in [1.54, 1.807) is 0 Å². The van der Waals surface area contributed by atoms with Crippen molar-refractivity contribution >= 4 is 65.3 Å². The van der Waals surface area contributed by atoms with E-state index in [-0.39, 0.29) is 5.41 Å². The highest BCUT2D eigenvalue weighted by atomic mass is 14.8. The van der Waals surface area contributed by atoms with Crippen LogP contribution in [0.1, 0.15) is 25.0 Å². The minimum atomic E-state index is -0.269. The molecule has 9 aromatic carbocycles. The number of benzene rings is 9. The van der Waals surface area contributed by atoms with E-state index in [4.69, 9.17) is 24.9 Å². The fraction of sp³-hybridized carbons (Fsp3) is 0.0429. The van der Waals surface area contributed by atoms with E-state index in [1.807, 2.05) is 12.1 Å². The summed E-state index contributed by atoms with van der Waals surface area (Å²) in [6.07, 6.45) is 0. The molecular weight excluding hydrogens is 911 g/mol. The van der Waals surface area contributed by atoms with Crippen LogP contribution in [0.5, 0.6) is 0 Å². The fourth-order valence-corrected chi connectivity index (χ4v) is 11.8. The minimum absolute atomic E-state index is 0.269. The summed E-state index contributed by atoms with van der Waals surface area (Å²) in [4.78, 5) is 26.9. The number of rotatable bonds is 6. The number of pyridine rings is 5. The van der Waals surface area contributed by atoms with Crippen molar-refractivity contribution in [3.8, 4) is 78.5 Å². The molecular formula is C70H45N5. The number of nitrogens with zero attached hydrogens (tertiary/aromatic N) is 5. The third-order valence-electron chi connectivity index (χ3n) is 15.6. The van der Waals surface area contributed by atoms with Gasteiger partial charge in [0.2, 0.25) is 0 Å². The number of hydrogen-bond donors (Lipinski definition) is 0. The molecule has 1 aliphatic carbocycles. The Hall–Kier alpha value is -9.71.